The molecule has 18 heavy (non-hydrogen) atoms. The van der Waals surface area contributed by atoms with Crippen molar-refractivity contribution in [3.63, 3.8) is 0 Å². The van der Waals surface area contributed by atoms with Gasteiger partial charge in [0.2, 0.25) is 0 Å². The van der Waals surface area contributed by atoms with Gasteiger partial charge < -0.3 is 10.1 Å². The molecule has 1 saturated carbocycles. The first-order chi connectivity index (χ1) is 8.60. The maximum Gasteiger partial charge on any atom is 0.340 e. The van der Waals surface area contributed by atoms with E-state index in [1.165, 1.54) is 25.7 Å². The second-order valence-electron chi connectivity index (χ2n) is 4.94. The first-order valence-electron chi connectivity index (χ1n) is 6.24. The van der Waals surface area contributed by atoms with Crippen LogP contribution in [0.5, 0.6) is 0 Å². The van der Waals surface area contributed by atoms with E-state index in [0.29, 0.717) is 17.6 Å². The predicted molar refractivity (Wildman–Crippen MR) is 68.2 cm³/mol. The highest BCUT2D eigenvalue weighted by molar-refractivity contribution is 5.95. The summed E-state index contributed by atoms with van der Waals surface area (Å²) >= 11 is 0. The van der Waals surface area contributed by atoms with Gasteiger partial charge in [-0.05, 0) is 43.4 Å². The monoisotopic (exact) mass is 251 g/mol. The fourth-order valence-electron chi connectivity index (χ4n) is 2.48. The second-order valence-corrected chi connectivity index (χ2v) is 4.94. The molecule has 4 heteroatoms. The third-order valence-electron chi connectivity index (χ3n) is 3.44. The fraction of sp³-hybridized carbons (Fsp3) is 0.500. The Kier molecular flexibility index (Phi) is 3.84. The highest BCUT2D eigenvalue weighted by Gasteiger charge is 2.23. The van der Waals surface area contributed by atoms with E-state index < -0.39 is 11.8 Å². The molecule has 3 nitrogen and oxygen atoms in total. The highest BCUT2D eigenvalue weighted by atomic mass is 19.1. The molecule has 0 heterocycles. The average molecular weight is 251 g/mol. The van der Waals surface area contributed by atoms with E-state index >= 15 is 0 Å². The van der Waals surface area contributed by atoms with Gasteiger partial charge in [0.15, 0.2) is 0 Å². The zero-order valence-electron chi connectivity index (χ0n) is 10.7. The average Bonchev–Trinajstić information content (AvgIpc) is 2.76. The van der Waals surface area contributed by atoms with Gasteiger partial charge in [-0.15, -0.1) is 0 Å². The predicted octanol–water partition coefficient (Wildman–Crippen LogP) is 3.21. The lowest BCUT2D eigenvalue weighted by molar-refractivity contribution is 0.0601. The third kappa shape index (κ3) is 2.81. The third-order valence-corrected chi connectivity index (χ3v) is 3.44. The van der Waals surface area contributed by atoms with Crippen molar-refractivity contribution in [3.05, 3.63) is 29.6 Å². The zero-order chi connectivity index (χ0) is 13.1. The van der Waals surface area contributed by atoms with E-state index in [4.69, 9.17) is 0 Å². The normalized spacial score (nSPS) is 22.8. The van der Waals surface area contributed by atoms with E-state index in [2.05, 4.69) is 17.0 Å². The Balaban J connectivity index is 2.18. The summed E-state index contributed by atoms with van der Waals surface area (Å²) in [6.07, 6.45) is 3.35. The smallest absolute Gasteiger partial charge is 0.340 e. The van der Waals surface area contributed by atoms with Crippen molar-refractivity contribution in [2.24, 2.45) is 5.92 Å². The molecular formula is C14H18FNO2. The minimum atomic E-state index is -0.511. The number of methoxy groups -OCH3 is 1. The fourth-order valence-corrected chi connectivity index (χ4v) is 2.48. The Hall–Kier alpha value is -1.58. The number of anilines is 1. The number of halogens is 1. The van der Waals surface area contributed by atoms with Crippen molar-refractivity contribution < 1.29 is 13.9 Å². The van der Waals surface area contributed by atoms with Crippen molar-refractivity contribution >= 4 is 11.7 Å². The molecule has 1 aromatic carbocycles. The lowest BCUT2D eigenvalue weighted by atomic mass is 10.1. The maximum absolute atomic E-state index is 13.2. The van der Waals surface area contributed by atoms with Crippen molar-refractivity contribution in [1.29, 1.82) is 0 Å². The number of esters is 1. The van der Waals surface area contributed by atoms with E-state index in [9.17, 15) is 9.18 Å². The van der Waals surface area contributed by atoms with Crippen molar-refractivity contribution in [2.75, 3.05) is 12.4 Å². The molecule has 1 aromatic rings. The minimum Gasteiger partial charge on any atom is -0.465 e. The number of carbonyl (C=O) groups excluding carboxylic acids is 1. The van der Waals surface area contributed by atoms with Crippen LogP contribution in [-0.4, -0.2) is 19.1 Å². The lowest BCUT2D eigenvalue weighted by Gasteiger charge is -2.16. The van der Waals surface area contributed by atoms with Gasteiger partial charge in [0.05, 0.1) is 12.7 Å². The Morgan fingerprint density at radius 1 is 1.44 bits per heavy atom. The summed E-state index contributed by atoms with van der Waals surface area (Å²) in [7, 11) is 1.30. The number of rotatable bonds is 3. The van der Waals surface area contributed by atoms with Gasteiger partial charge in [-0.2, -0.15) is 0 Å². The molecule has 0 spiro atoms. The topological polar surface area (TPSA) is 38.3 Å². The van der Waals surface area contributed by atoms with Gasteiger partial charge >= 0.3 is 5.97 Å². The Morgan fingerprint density at radius 2 is 2.22 bits per heavy atom. The van der Waals surface area contributed by atoms with Crippen LogP contribution in [0.3, 0.4) is 0 Å². The number of hydrogen-bond donors (Lipinski definition) is 1. The van der Waals surface area contributed by atoms with E-state index in [1.54, 1.807) is 6.07 Å². The summed E-state index contributed by atoms with van der Waals surface area (Å²) < 4.78 is 17.9. The first kappa shape index (κ1) is 12.9. The molecule has 0 aromatic heterocycles. The van der Waals surface area contributed by atoms with E-state index in [1.807, 2.05) is 0 Å². The number of carbonyl (C=O) groups is 1. The summed E-state index contributed by atoms with van der Waals surface area (Å²) in [6.45, 7) is 2.22. The summed E-state index contributed by atoms with van der Waals surface area (Å²) in [4.78, 5) is 11.6. The van der Waals surface area contributed by atoms with Crippen molar-refractivity contribution in [1.82, 2.24) is 0 Å². The molecular weight excluding hydrogens is 233 g/mol. The highest BCUT2D eigenvalue weighted by Crippen LogP contribution is 2.29. The standard InChI is InChI=1S/C14H18FNO2/c1-9-3-5-11(7-9)16-13-6-4-10(15)8-12(13)14(17)18-2/h4,6,8-9,11,16H,3,5,7H2,1-2H3. The van der Waals surface area contributed by atoms with Crippen LogP contribution in [-0.2, 0) is 4.74 Å². The van der Waals surface area contributed by atoms with Gasteiger partial charge in [0.25, 0.3) is 0 Å². The van der Waals surface area contributed by atoms with Crippen LogP contribution in [0.1, 0.15) is 36.5 Å². The maximum atomic E-state index is 13.2. The van der Waals surface area contributed by atoms with E-state index in [-0.39, 0.29) is 5.56 Å². The molecule has 2 atom stereocenters. The molecule has 1 aliphatic carbocycles. The van der Waals surface area contributed by atoms with E-state index in [0.717, 1.165) is 12.8 Å². The van der Waals surface area contributed by atoms with Crippen molar-refractivity contribution in [2.45, 2.75) is 32.2 Å². The number of hydrogen-bond acceptors (Lipinski definition) is 3. The molecule has 1 N–H and O–H groups in total. The van der Waals surface area contributed by atoms with Crippen LogP contribution in [0.25, 0.3) is 0 Å². The SMILES string of the molecule is COC(=O)c1cc(F)ccc1NC1CCC(C)C1. The summed E-state index contributed by atoms with van der Waals surface area (Å²) in [5, 5.41) is 3.31. The molecule has 0 bridgehead atoms. The lowest BCUT2D eigenvalue weighted by Crippen LogP contribution is -2.18. The van der Waals surface area contributed by atoms with Gasteiger partial charge in [-0.3, -0.25) is 0 Å². The number of benzene rings is 1. The Bertz CT molecular complexity index is 447. The quantitative estimate of drug-likeness (QED) is 0.838. The molecule has 98 valence electrons. The van der Waals surface area contributed by atoms with Gasteiger partial charge in [0, 0.05) is 11.7 Å². The van der Waals surface area contributed by atoms with Crippen molar-refractivity contribution in [3.8, 4) is 0 Å². The molecule has 1 aliphatic rings. The van der Waals surface area contributed by atoms with Crippen LogP contribution < -0.4 is 5.32 Å². The molecule has 0 saturated heterocycles. The summed E-state index contributed by atoms with van der Waals surface area (Å²) in [6, 6.07) is 4.53. The van der Waals surface area contributed by atoms with Crippen LogP contribution in [0.2, 0.25) is 0 Å². The molecule has 1 fully saturated rings. The molecule has 0 aliphatic heterocycles. The first-order valence-corrected chi connectivity index (χ1v) is 6.24. The summed E-state index contributed by atoms with van der Waals surface area (Å²) in [5.74, 6) is -0.242. The molecule has 0 amide bonds. The minimum absolute atomic E-state index is 0.261. The second kappa shape index (κ2) is 5.38. The Labute approximate surface area is 106 Å². The number of nitrogens with one attached hydrogen (secondary N) is 1. The van der Waals surface area contributed by atoms with Crippen LogP contribution in [0, 0.1) is 11.7 Å². The zero-order valence-corrected chi connectivity index (χ0v) is 10.7. The van der Waals surface area contributed by atoms with Crippen LogP contribution in [0.4, 0.5) is 10.1 Å². The largest absolute Gasteiger partial charge is 0.465 e. The summed E-state index contributed by atoms with van der Waals surface area (Å²) in [5.41, 5.74) is 0.916. The molecule has 2 rings (SSSR count). The van der Waals surface area contributed by atoms with Gasteiger partial charge in [-0.1, -0.05) is 6.92 Å². The van der Waals surface area contributed by atoms with Gasteiger partial charge in [-0.25, -0.2) is 9.18 Å². The number of ether oxygens (including phenoxy) is 1. The Morgan fingerprint density at radius 3 is 2.83 bits per heavy atom. The molecule has 0 radical (unpaired) electrons. The van der Waals surface area contributed by atoms with Crippen LogP contribution in [0.15, 0.2) is 18.2 Å². The molecule has 2 unspecified atom stereocenters. The van der Waals surface area contributed by atoms with Crippen LogP contribution >= 0.6 is 0 Å². The van der Waals surface area contributed by atoms with Gasteiger partial charge in [0.1, 0.15) is 5.82 Å².